The van der Waals surface area contributed by atoms with E-state index in [1.165, 1.54) is 0 Å². The number of hydrogen-bond donors (Lipinski definition) is 2. The summed E-state index contributed by atoms with van der Waals surface area (Å²) < 4.78 is 0. The van der Waals surface area contributed by atoms with Gasteiger partial charge in [-0.25, -0.2) is 0 Å². The molecule has 3 heteroatoms. The molecule has 1 atom stereocenters. The molecule has 0 aliphatic carbocycles. The van der Waals surface area contributed by atoms with Gasteiger partial charge in [0.2, 0.25) is 0 Å². The lowest BCUT2D eigenvalue weighted by Gasteiger charge is -2.23. The Morgan fingerprint density at radius 2 is 2.58 bits per heavy atom. The Balaban J connectivity index is 2.37. The van der Waals surface area contributed by atoms with Gasteiger partial charge < -0.3 is 11.1 Å². The van der Waals surface area contributed by atoms with Crippen molar-refractivity contribution in [2.24, 2.45) is 5.73 Å². The summed E-state index contributed by atoms with van der Waals surface area (Å²) in [4.78, 5) is 4.33. The van der Waals surface area contributed by atoms with Gasteiger partial charge in [-0.1, -0.05) is 0 Å². The molecule has 3 N–H and O–H groups in total. The van der Waals surface area contributed by atoms with E-state index in [4.69, 9.17) is 5.73 Å². The number of nitrogens with zero attached hydrogens (tertiary/aromatic N) is 1. The normalized spacial score (nSPS) is 21.2. The van der Waals surface area contributed by atoms with E-state index in [2.05, 4.69) is 16.4 Å². The fraction of sp³-hybridized carbons (Fsp3) is 0.444. The van der Waals surface area contributed by atoms with E-state index in [0.29, 0.717) is 12.5 Å². The van der Waals surface area contributed by atoms with Crippen LogP contribution in [-0.2, 0) is 0 Å². The summed E-state index contributed by atoms with van der Waals surface area (Å²) in [5.41, 5.74) is 7.93. The van der Waals surface area contributed by atoms with Crippen LogP contribution in [0.5, 0.6) is 0 Å². The molecule has 0 saturated carbocycles. The second-order valence-corrected chi connectivity index (χ2v) is 3.08. The van der Waals surface area contributed by atoms with Crippen LogP contribution >= 0.6 is 0 Å². The fourth-order valence-electron chi connectivity index (χ4n) is 1.64. The van der Waals surface area contributed by atoms with Gasteiger partial charge in [-0.2, -0.15) is 0 Å². The molecule has 12 heavy (non-hydrogen) atoms. The van der Waals surface area contributed by atoms with Gasteiger partial charge in [0.15, 0.2) is 0 Å². The van der Waals surface area contributed by atoms with Gasteiger partial charge in [0.25, 0.3) is 0 Å². The van der Waals surface area contributed by atoms with Crippen LogP contribution in [0.25, 0.3) is 0 Å². The molecule has 0 radical (unpaired) electrons. The second kappa shape index (κ2) is 3.11. The van der Waals surface area contributed by atoms with Crippen LogP contribution in [0.2, 0.25) is 0 Å². The highest BCUT2D eigenvalue weighted by atomic mass is 14.9. The number of rotatable bonds is 1. The zero-order chi connectivity index (χ0) is 8.39. The molecule has 0 aromatic carbocycles. The Morgan fingerprint density at radius 1 is 1.67 bits per heavy atom. The zero-order valence-electron chi connectivity index (χ0n) is 6.96. The average molecular weight is 163 g/mol. The summed E-state index contributed by atoms with van der Waals surface area (Å²) in [6.45, 7) is 1.71. The second-order valence-electron chi connectivity index (χ2n) is 3.08. The van der Waals surface area contributed by atoms with Gasteiger partial charge in [-0.05, 0) is 18.6 Å². The maximum atomic E-state index is 5.65. The van der Waals surface area contributed by atoms with Gasteiger partial charge in [-0.15, -0.1) is 0 Å². The van der Waals surface area contributed by atoms with Gasteiger partial charge in [-0.3, -0.25) is 4.98 Å². The molecule has 64 valence electrons. The fourth-order valence-corrected chi connectivity index (χ4v) is 1.64. The summed E-state index contributed by atoms with van der Waals surface area (Å²) in [5, 5.41) is 3.31. The number of nitrogens with two attached hydrogens (primary N) is 1. The highest BCUT2D eigenvalue weighted by Crippen LogP contribution is 2.27. The summed E-state index contributed by atoms with van der Waals surface area (Å²) in [5.74, 6) is 0.447. The minimum Gasteiger partial charge on any atom is -0.384 e. The summed E-state index contributed by atoms with van der Waals surface area (Å²) in [6.07, 6.45) is 2.93. The number of anilines is 1. The predicted octanol–water partition coefficient (Wildman–Crippen LogP) is 0.939. The van der Waals surface area contributed by atoms with Crippen LogP contribution in [0.15, 0.2) is 18.3 Å². The molecule has 2 heterocycles. The summed E-state index contributed by atoms with van der Waals surface area (Å²) in [6, 6.07) is 4.01. The third-order valence-electron chi connectivity index (χ3n) is 2.32. The molecule has 1 unspecified atom stereocenters. The SMILES string of the molecule is NCC1CCNc2cccnc21. The largest absolute Gasteiger partial charge is 0.384 e. The minimum absolute atomic E-state index is 0.447. The van der Waals surface area contributed by atoms with Crippen LogP contribution in [-0.4, -0.2) is 18.1 Å². The number of aromatic nitrogens is 1. The lowest BCUT2D eigenvalue weighted by Crippen LogP contribution is -2.23. The highest BCUT2D eigenvalue weighted by Gasteiger charge is 2.18. The van der Waals surface area contributed by atoms with Crippen LogP contribution in [0.1, 0.15) is 18.0 Å². The van der Waals surface area contributed by atoms with E-state index in [1.54, 1.807) is 0 Å². The topological polar surface area (TPSA) is 50.9 Å². The highest BCUT2D eigenvalue weighted by molar-refractivity contribution is 5.51. The molecule has 0 fully saturated rings. The monoisotopic (exact) mass is 163 g/mol. The van der Waals surface area contributed by atoms with Crippen LogP contribution in [0.4, 0.5) is 5.69 Å². The summed E-state index contributed by atoms with van der Waals surface area (Å²) >= 11 is 0. The molecule has 2 rings (SSSR count). The van der Waals surface area contributed by atoms with Crippen molar-refractivity contribution in [1.82, 2.24) is 4.98 Å². The first-order valence-electron chi connectivity index (χ1n) is 4.30. The Labute approximate surface area is 72.0 Å². The first-order valence-corrected chi connectivity index (χ1v) is 4.30. The van der Waals surface area contributed by atoms with Crippen molar-refractivity contribution in [2.45, 2.75) is 12.3 Å². The zero-order valence-corrected chi connectivity index (χ0v) is 6.96. The number of nitrogens with one attached hydrogen (secondary N) is 1. The molecule has 0 spiro atoms. The van der Waals surface area contributed by atoms with Crippen molar-refractivity contribution >= 4 is 5.69 Å². The van der Waals surface area contributed by atoms with Crippen molar-refractivity contribution in [3.63, 3.8) is 0 Å². The van der Waals surface area contributed by atoms with Gasteiger partial charge in [0.05, 0.1) is 11.4 Å². The minimum atomic E-state index is 0.447. The van der Waals surface area contributed by atoms with Gasteiger partial charge in [0, 0.05) is 25.2 Å². The van der Waals surface area contributed by atoms with E-state index in [1.807, 2.05) is 12.3 Å². The van der Waals surface area contributed by atoms with E-state index < -0.39 is 0 Å². The van der Waals surface area contributed by atoms with E-state index >= 15 is 0 Å². The average Bonchev–Trinajstić information content (AvgIpc) is 2.17. The van der Waals surface area contributed by atoms with Crippen LogP contribution < -0.4 is 11.1 Å². The first kappa shape index (κ1) is 7.55. The van der Waals surface area contributed by atoms with E-state index in [0.717, 1.165) is 24.3 Å². The smallest absolute Gasteiger partial charge is 0.0678 e. The maximum Gasteiger partial charge on any atom is 0.0678 e. The Bertz CT molecular complexity index is 272. The molecule has 3 nitrogen and oxygen atoms in total. The van der Waals surface area contributed by atoms with Crippen LogP contribution in [0, 0.1) is 0 Å². The van der Waals surface area contributed by atoms with E-state index in [-0.39, 0.29) is 0 Å². The predicted molar refractivity (Wildman–Crippen MR) is 49.1 cm³/mol. The molecule has 1 aliphatic rings. The molecule has 1 aromatic heterocycles. The van der Waals surface area contributed by atoms with Crippen molar-refractivity contribution < 1.29 is 0 Å². The van der Waals surface area contributed by atoms with Crippen molar-refractivity contribution in [1.29, 1.82) is 0 Å². The Hall–Kier alpha value is -1.09. The maximum absolute atomic E-state index is 5.65. The number of pyridine rings is 1. The van der Waals surface area contributed by atoms with Gasteiger partial charge in [0.1, 0.15) is 0 Å². The molecule has 1 aromatic rings. The molecular formula is C9H13N3. The Kier molecular flexibility index (Phi) is 1.96. The quantitative estimate of drug-likeness (QED) is 0.647. The standard InChI is InChI=1S/C9H13N3/c10-6-7-3-5-11-8-2-1-4-12-9(7)8/h1-2,4,7,11H,3,5-6,10H2. The lowest BCUT2D eigenvalue weighted by atomic mass is 9.96. The lowest BCUT2D eigenvalue weighted by molar-refractivity contribution is 0.618. The van der Waals surface area contributed by atoms with Crippen molar-refractivity contribution in [2.75, 3.05) is 18.4 Å². The molecule has 1 aliphatic heterocycles. The van der Waals surface area contributed by atoms with Crippen molar-refractivity contribution in [3.05, 3.63) is 24.0 Å². The third-order valence-corrected chi connectivity index (χ3v) is 2.32. The third kappa shape index (κ3) is 1.16. The molecule has 0 saturated heterocycles. The molecule has 0 amide bonds. The van der Waals surface area contributed by atoms with Crippen LogP contribution in [0.3, 0.4) is 0 Å². The number of fused-ring (bicyclic) bond motifs is 1. The summed E-state index contributed by atoms with van der Waals surface area (Å²) in [7, 11) is 0. The molecular weight excluding hydrogens is 150 g/mol. The van der Waals surface area contributed by atoms with E-state index in [9.17, 15) is 0 Å². The van der Waals surface area contributed by atoms with Crippen molar-refractivity contribution in [3.8, 4) is 0 Å². The molecule has 0 bridgehead atoms. The first-order chi connectivity index (χ1) is 5.92. The van der Waals surface area contributed by atoms with Gasteiger partial charge >= 0.3 is 0 Å². The number of hydrogen-bond acceptors (Lipinski definition) is 3. The Morgan fingerprint density at radius 3 is 3.42 bits per heavy atom.